The highest BCUT2D eigenvalue weighted by atomic mass is 16.7. The van der Waals surface area contributed by atoms with Crippen molar-refractivity contribution in [2.75, 3.05) is 20.3 Å². The van der Waals surface area contributed by atoms with Gasteiger partial charge in [-0.05, 0) is 17.7 Å². The maximum Gasteiger partial charge on any atom is 0.335 e. The predicted molar refractivity (Wildman–Crippen MR) is 85.4 cm³/mol. The van der Waals surface area contributed by atoms with Gasteiger partial charge in [0.1, 0.15) is 6.61 Å². The van der Waals surface area contributed by atoms with Crippen LogP contribution in [0.1, 0.15) is 27.8 Å². The van der Waals surface area contributed by atoms with Crippen LogP contribution in [0.5, 0.6) is 11.5 Å². The number of benzene rings is 2. The molecule has 1 saturated heterocycles. The molecular formula is C18H18O6. The first kappa shape index (κ1) is 16.3. The van der Waals surface area contributed by atoms with E-state index in [0.717, 1.165) is 5.56 Å². The van der Waals surface area contributed by atoms with Gasteiger partial charge in [0.25, 0.3) is 0 Å². The van der Waals surface area contributed by atoms with Crippen LogP contribution in [0.2, 0.25) is 0 Å². The second-order valence-electron chi connectivity index (χ2n) is 5.25. The first-order valence-electron chi connectivity index (χ1n) is 7.54. The Morgan fingerprint density at radius 2 is 1.92 bits per heavy atom. The fourth-order valence-electron chi connectivity index (χ4n) is 2.50. The third-order valence-electron chi connectivity index (χ3n) is 3.65. The molecule has 1 fully saturated rings. The molecule has 1 aliphatic heterocycles. The Morgan fingerprint density at radius 3 is 2.54 bits per heavy atom. The number of aromatic carboxylic acids is 1. The van der Waals surface area contributed by atoms with Crippen LogP contribution in [-0.2, 0) is 16.1 Å². The number of rotatable bonds is 6. The molecule has 2 aromatic rings. The van der Waals surface area contributed by atoms with Crippen LogP contribution < -0.4 is 9.47 Å². The van der Waals surface area contributed by atoms with Crippen molar-refractivity contribution in [3.05, 3.63) is 59.2 Å². The lowest BCUT2D eigenvalue weighted by atomic mass is 10.1. The highest BCUT2D eigenvalue weighted by Gasteiger charge is 2.27. The van der Waals surface area contributed by atoms with Crippen LogP contribution in [0.3, 0.4) is 0 Å². The molecule has 126 valence electrons. The van der Waals surface area contributed by atoms with Gasteiger partial charge in [0.2, 0.25) is 0 Å². The summed E-state index contributed by atoms with van der Waals surface area (Å²) in [5.74, 6) is -0.291. The van der Waals surface area contributed by atoms with Gasteiger partial charge in [-0.15, -0.1) is 0 Å². The molecule has 0 aromatic heterocycles. The van der Waals surface area contributed by atoms with Crippen molar-refractivity contribution in [1.29, 1.82) is 0 Å². The number of hydrogen-bond acceptors (Lipinski definition) is 5. The zero-order chi connectivity index (χ0) is 16.9. The fraction of sp³-hybridized carbons (Fsp3) is 0.278. The van der Waals surface area contributed by atoms with Gasteiger partial charge >= 0.3 is 5.97 Å². The van der Waals surface area contributed by atoms with Crippen LogP contribution in [0.4, 0.5) is 0 Å². The monoisotopic (exact) mass is 330 g/mol. The van der Waals surface area contributed by atoms with E-state index in [2.05, 4.69) is 0 Å². The summed E-state index contributed by atoms with van der Waals surface area (Å²) in [6, 6.07) is 12.6. The molecule has 3 rings (SSSR count). The molecule has 2 aromatic carbocycles. The Morgan fingerprint density at radius 1 is 1.21 bits per heavy atom. The van der Waals surface area contributed by atoms with E-state index < -0.39 is 12.3 Å². The third-order valence-corrected chi connectivity index (χ3v) is 3.65. The van der Waals surface area contributed by atoms with Crippen molar-refractivity contribution in [1.82, 2.24) is 0 Å². The minimum absolute atomic E-state index is 0.0908. The van der Waals surface area contributed by atoms with Gasteiger partial charge in [-0.2, -0.15) is 0 Å². The van der Waals surface area contributed by atoms with Gasteiger partial charge in [0.15, 0.2) is 17.8 Å². The number of carboxylic acids is 1. The van der Waals surface area contributed by atoms with Crippen molar-refractivity contribution in [3.8, 4) is 11.5 Å². The van der Waals surface area contributed by atoms with Gasteiger partial charge in [-0.1, -0.05) is 30.3 Å². The molecule has 1 heterocycles. The molecule has 24 heavy (non-hydrogen) atoms. The Hall–Kier alpha value is -2.57. The first-order chi connectivity index (χ1) is 11.7. The Kier molecular flexibility index (Phi) is 4.98. The van der Waals surface area contributed by atoms with E-state index >= 15 is 0 Å². The van der Waals surface area contributed by atoms with Crippen molar-refractivity contribution in [2.24, 2.45) is 0 Å². The summed E-state index contributed by atoms with van der Waals surface area (Å²) in [7, 11) is 1.47. The molecule has 0 saturated carbocycles. The van der Waals surface area contributed by atoms with Crippen LogP contribution in [0.15, 0.2) is 42.5 Å². The number of hydrogen-bond donors (Lipinski definition) is 1. The van der Waals surface area contributed by atoms with Gasteiger partial charge in [0.05, 0.1) is 31.5 Å². The Bertz CT molecular complexity index is 707. The van der Waals surface area contributed by atoms with Gasteiger partial charge in [-0.25, -0.2) is 4.79 Å². The molecule has 0 radical (unpaired) electrons. The number of methoxy groups -OCH3 is 1. The summed E-state index contributed by atoms with van der Waals surface area (Å²) in [5.41, 5.74) is 1.59. The summed E-state index contributed by atoms with van der Waals surface area (Å²) in [5, 5.41) is 9.29. The van der Waals surface area contributed by atoms with E-state index in [1.165, 1.54) is 19.2 Å². The summed E-state index contributed by atoms with van der Waals surface area (Å²) in [6.45, 7) is 1.22. The summed E-state index contributed by atoms with van der Waals surface area (Å²) in [6.07, 6.45) is -0.663. The number of carbonyl (C=O) groups is 1. The fourth-order valence-corrected chi connectivity index (χ4v) is 2.50. The average Bonchev–Trinajstić information content (AvgIpc) is 3.14. The lowest BCUT2D eigenvalue weighted by Crippen LogP contribution is -2.08. The Labute approximate surface area is 139 Å². The maximum absolute atomic E-state index is 11.3. The topological polar surface area (TPSA) is 74.2 Å². The highest BCUT2D eigenvalue weighted by molar-refractivity contribution is 5.89. The SMILES string of the molecule is COc1cc(C(=O)O)cc(C2OCCO2)c1OCc1ccccc1. The van der Waals surface area contributed by atoms with Crippen molar-refractivity contribution < 1.29 is 28.8 Å². The predicted octanol–water partition coefficient (Wildman–Crippen LogP) is 3.02. The largest absolute Gasteiger partial charge is 0.493 e. The molecule has 0 amide bonds. The smallest absolute Gasteiger partial charge is 0.335 e. The summed E-state index contributed by atoms with van der Waals surface area (Å²) < 4.78 is 22.3. The number of carboxylic acid groups (broad SMARTS) is 1. The van der Waals surface area contributed by atoms with Crippen molar-refractivity contribution in [3.63, 3.8) is 0 Å². The first-order valence-corrected chi connectivity index (χ1v) is 7.54. The highest BCUT2D eigenvalue weighted by Crippen LogP contribution is 2.40. The van der Waals surface area contributed by atoms with Crippen LogP contribution >= 0.6 is 0 Å². The maximum atomic E-state index is 11.3. The normalized spacial score (nSPS) is 14.5. The molecule has 6 heteroatoms. The van der Waals surface area contributed by atoms with Gasteiger partial charge < -0.3 is 24.1 Å². The minimum atomic E-state index is -1.05. The summed E-state index contributed by atoms with van der Waals surface area (Å²) in [4.78, 5) is 11.3. The lowest BCUT2D eigenvalue weighted by Gasteiger charge is -2.19. The standard InChI is InChI=1S/C18H18O6/c1-21-15-10-13(17(19)20)9-14(18-22-7-8-23-18)16(15)24-11-12-5-3-2-4-6-12/h2-6,9-10,18H,7-8,11H2,1H3,(H,19,20). The molecule has 0 atom stereocenters. The minimum Gasteiger partial charge on any atom is -0.493 e. The van der Waals surface area contributed by atoms with E-state index in [-0.39, 0.29) is 5.56 Å². The molecule has 1 N–H and O–H groups in total. The van der Waals surface area contributed by atoms with E-state index in [9.17, 15) is 9.90 Å². The van der Waals surface area contributed by atoms with E-state index in [4.69, 9.17) is 18.9 Å². The van der Waals surface area contributed by atoms with Gasteiger partial charge in [0, 0.05) is 0 Å². The van der Waals surface area contributed by atoms with E-state index in [1.807, 2.05) is 30.3 Å². The summed E-state index contributed by atoms with van der Waals surface area (Å²) >= 11 is 0. The zero-order valence-electron chi connectivity index (χ0n) is 13.2. The van der Waals surface area contributed by atoms with Crippen molar-refractivity contribution >= 4 is 5.97 Å². The average molecular weight is 330 g/mol. The molecule has 0 bridgehead atoms. The molecule has 0 unspecified atom stereocenters. The molecule has 1 aliphatic rings. The molecular weight excluding hydrogens is 312 g/mol. The second kappa shape index (κ2) is 7.33. The second-order valence-corrected chi connectivity index (χ2v) is 5.25. The lowest BCUT2D eigenvalue weighted by molar-refractivity contribution is -0.0461. The quantitative estimate of drug-likeness (QED) is 0.877. The van der Waals surface area contributed by atoms with Gasteiger partial charge in [-0.3, -0.25) is 0 Å². The zero-order valence-corrected chi connectivity index (χ0v) is 13.2. The third kappa shape index (κ3) is 3.50. The molecule has 0 spiro atoms. The van der Waals surface area contributed by atoms with Crippen LogP contribution in [0, 0.1) is 0 Å². The van der Waals surface area contributed by atoms with E-state index in [0.29, 0.717) is 36.9 Å². The van der Waals surface area contributed by atoms with Crippen LogP contribution in [-0.4, -0.2) is 31.4 Å². The Balaban J connectivity index is 1.96. The number of ether oxygens (including phenoxy) is 4. The van der Waals surface area contributed by atoms with E-state index in [1.54, 1.807) is 0 Å². The molecule has 6 nitrogen and oxygen atoms in total. The van der Waals surface area contributed by atoms with Crippen LogP contribution in [0.25, 0.3) is 0 Å². The molecule has 0 aliphatic carbocycles. The van der Waals surface area contributed by atoms with Crippen molar-refractivity contribution in [2.45, 2.75) is 12.9 Å².